The third kappa shape index (κ3) is 5.56. The Morgan fingerprint density at radius 1 is 1.11 bits per heavy atom. The first-order chi connectivity index (χ1) is 13.5. The smallest absolute Gasteiger partial charge is 0.240 e. The molecule has 0 saturated heterocycles. The van der Waals surface area contributed by atoms with Crippen molar-refractivity contribution >= 4 is 21.6 Å². The van der Waals surface area contributed by atoms with E-state index in [9.17, 15) is 13.2 Å². The first-order valence-electron chi connectivity index (χ1n) is 9.55. The van der Waals surface area contributed by atoms with Crippen LogP contribution in [0.4, 0.5) is 5.69 Å². The molecule has 1 saturated carbocycles. The van der Waals surface area contributed by atoms with Crippen LogP contribution in [-0.2, 0) is 21.2 Å². The maximum atomic E-state index is 12.3. The highest BCUT2D eigenvalue weighted by Crippen LogP contribution is 2.25. The fourth-order valence-corrected chi connectivity index (χ4v) is 4.01. The van der Waals surface area contributed by atoms with E-state index in [2.05, 4.69) is 10.0 Å². The van der Waals surface area contributed by atoms with Gasteiger partial charge in [0, 0.05) is 18.2 Å². The summed E-state index contributed by atoms with van der Waals surface area (Å²) in [6.07, 6.45) is 5.72. The van der Waals surface area contributed by atoms with Gasteiger partial charge < -0.3 is 10.1 Å². The molecule has 2 aromatic carbocycles. The van der Waals surface area contributed by atoms with Crippen LogP contribution in [0, 0.1) is 0 Å². The molecular weight excluding hydrogens is 376 g/mol. The van der Waals surface area contributed by atoms with Crippen molar-refractivity contribution in [2.24, 2.45) is 0 Å². The molecule has 0 aliphatic heterocycles. The molecule has 3 rings (SSSR count). The van der Waals surface area contributed by atoms with Crippen molar-refractivity contribution in [3.8, 4) is 5.75 Å². The van der Waals surface area contributed by atoms with Gasteiger partial charge in [0.25, 0.3) is 0 Å². The van der Waals surface area contributed by atoms with Gasteiger partial charge in [0.2, 0.25) is 15.9 Å². The molecule has 1 amide bonds. The number of anilines is 1. The highest BCUT2D eigenvalue weighted by Gasteiger charge is 2.16. The number of hydrogen-bond acceptors (Lipinski definition) is 4. The number of carbonyl (C=O) groups is 1. The Balaban J connectivity index is 1.51. The minimum Gasteiger partial charge on any atom is -0.490 e. The number of hydrogen-bond donors (Lipinski definition) is 2. The minimum absolute atomic E-state index is 0.0926. The van der Waals surface area contributed by atoms with Crippen molar-refractivity contribution in [3.05, 3.63) is 54.1 Å². The summed E-state index contributed by atoms with van der Waals surface area (Å²) in [6, 6.07) is 14.0. The van der Waals surface area contributed by atoms with Gasteiger partial charge in [-0.05, 0) is 69.0 Å². The van der Waals surface area contributed by atoms with Gasteiger partial charge in [0.15, 0.2) is 0 Å². The van der Waals surface area contributed by atoms with Crippen molar-refractivity contribution in [1.82, 2.24) is 4.72 Å². The number of aryl methyl sites for hydroxylation is 1. The van der Waals surface area contributed by atoms with E-state index >= 15 is 0 Å². The Hall–Kier alpha value is -2.38. The van der Waals surface area contributed by atoms with Crippen molar-refractivity contribution in [1.29, 1.82) is 0 Å². The lowest BCUT2D eigenvalue weighted by atomic mass is 10.1. The molecule has 1 aliphatic carbocycles. The summed E-state index contributed by atoms with van der Waals surface area (Å²) in [4.78, 5) is 12.5. The molecule has 2 N–H and O–H groups in total. The molecule has 0 unspecified atom stereocenters. The summed E-state index contributed by atoms with van der Waals surface area (Å²) in [7, 11) is -2.06. The molecule has 1 fully saturated rings. The zero-order valence-corrected chi connectivity index (χ0v) is 16.8. The zero-order chi connectivity index (χ0) is 20.0. The van der Waals surface area contributed by atoms with Gasteiger partial charge in [-0.25, -0.2) is 13.1 Å². The summed E-state index contributed by atoms with van der Waals surface area (Å²) >= 11 is 0. The summed E-state index contributed by atoms with van der Waals surface area (Å²) in [5.41, 5.74) is 1.62. The number of nitrogens with one attached hydrogen (secondary N) is 2. The van der Waals surface area contributed by atoms with Crippen LogP contribution in [0.3, 0.4) is 0 Å². The lowest BCUT2D eigenvalue weighted by molar-refractivity contribution is -0.116. The van der Waals surface area contributed by atoms with E-state index in [4.69, 9.17) is 4.74 Å². The number of carbonyl (C=O) groups excluding carboxylic acids is 1. The molecule has 0 atom stereocenters. The first-order valence-corrected chi connectivity index (χ1v) is 11.0. The highest BCUT2D eigenvalue weighted by molar-refractivity contribution is 7.89. The maximum absolute atomic E-state index is 12.3. The third-order valence-electron chi connectivity index (χ3n) is 4.87. The Kier molecular flexibility index (Phi) is 6.70. The molecule has 7 heteroatoms. The quantitative estimate of drug-likeness (QED) is 0.708. The molecule has 0 aromatic heterocycles. The highest BCUT2D eigenvalue weighted by atomic mass is 32.2. The Morgan fingerprint density at radius 2 is 1.82 bits per heavy atom. The van der Waals surface area contributed by atoms with Crippen molar-refractivity contribution in [3.63, 3.8) is 0 Å². The lowest BCUT2D eigenvalue weighted by Crippen LogP contribution is -2.18. The van der Waals surface area contributed by atoms with E-state index in [-0.39, 0.29) is 16.9 Å². The molecule has 0 radical (unpaired) electrons. The SMILES string of the molecule is CNS(=O)(=O)c1ccc(CCC(=O)Nc2cccc(OC3CCCC3)c2)cc1. The second-order valence-corrected chi connectivity index (χ2v) is 8.84. The third-order valence-corrected chi connectivity index (χ3v) is 6.30. The van der Waals surface area contributed by atoms with Crippen molar-refractivity contribution < 1.29 is 17.9 Å². The van der Waals surface area contributed by atoms with Gasteiger partial charge in [-0.15, -0.1) is 0 Å². The van der Waals surface area contributed by atoms with E-state index < -0.39 is 10.0 Å². The van der Waals surface area contributed by atoms with Crippen LogP contribution in [0.15, 0.2) is 53.4 Å². The summed E-state index contributed by atoms with van der Waals surface area (Å²) in [5, 5.41) is 2.90. The normalized spacial score (nSPS) is 14.8. The Morgan fingerprint density at radius 3 is 2.50 bits per heavy atom. The second-order valence-electron chi connectivity index (χ2n) is 6.95. The predicted molar refractivity (Wildman–Crippen MR) is 109 cm³/mol. The van der Waals surface area contributed by atoms with Gasteiger partial charge in [-0.2, -0.15) is 0 Å². The average molecular weight is 403 g/mol. The molecule has 150 valence electrons. The first kappa shape index (κ1) is 20.4. The number of rotatable bonds is 8. The summed E-state index contributed by atoms with van der Waals surface area (Å²) < 4.78 is 31.7. The van der Waals surface area contributed by atoms with E-state index in [0.717, 1.165) is 29.8 Å². The van der Waals surface area contributed by atoms with Crippen LogP contribution in [0.5, 0.6) is 5.75 Å². The molecule has 28 heavy (non-hydrogen) atoms. The fourth-order valence-electron chi connectivity index (χ4n) is 3.28. The molecule has 2 aromatic rings. The van der Waals surface area contributed by atoms with Crippen molar-refractivity contribution in [2.75, 3.05) is 12.4 Å². The predicted octanol–water partition coefficient (Wildman–Crippen LogP) is 3.49. The van der Waals surface area contributed by atoms with E-state index in [1.807, 2.05) is 24.3 Å². The van der Waals surface area contributed by atoms with Crippen LogP contribution < -0.4 is 14.8 Å². The minimum atomic E-state index is -3.44. The molecule has 6 nitrogen and oxygen atoms in total. The molecular formula is C21H26N2O4S. The van der Waals surface area contributed by atoms with Crippen LogP contribution in [0.1, 0.15) is 37.7 Å². The summed E-state index contributed by atoms with van der Waals surface area (Å²) in [5.74, 6) is 0.691. The second kappa shape index (κ2) is 9.21. The van der Waals surface area contributed by atoms with Gasteiger partial charge in [-0.1, -0.05) is 18.2 Å². The monoisotopic (exact) mass is 402 g/mol. The van der Waals surface area contributed by atoms with Gasteiger partial charge in [0.1, 0.15) is 5.75 Å². The van der Waals surface area contributed by atoms with Crippen LogP contribution >= 0.6 is 0 Å². The topological polar surface area (TPSA) is 84.5 Å². The number of amides is 1. The van der Waals surface area contributed by atoms with E-state index in [0.29, 0.717) is 12.8 Å². The van der Waals surface area contributed by atoms with Gasteiger partial charge >= 0.3 is 0 Å². The molecule has 1 aliphatic rings. The molecule has 0 spiro atoms. The largest absolute Gasteiger partial charge is 0.490 e. The Bertz CT molecular complexity index is 904. The maximum Gasteiger partial charge on any atom is 0.240 e. The summed E-state index contributed by atoms with van der Waals surface area (Å²) in [6.45, 7) is 0. The van der Waals surface area contributed by atoms with E-state index in [1.165, 1.54) is 19.9 Å². The van der Waals surface area contributed by atoms with Gasteiger partial charge in [0.05, 0.1) is 11.0 Å². The standard InChI is InChI=1S/C21H26N2O4S/c1-22-28(25,26)20-12-9-16(10-13-20)11-14-21(24)23-17-5-4-8-19(15-17)27-18-6-2-3-7-18/h4-5,8-10,12-13,15,18,22H,2-3,6-7,11,14H2,1H3,(H,23,24). The molecule has 0 heterocycles. The fraction of sp³-hybridized carbons (Fsp3) is 0.381. The van der Waals surface area contributed by atoms with Crippen LogP contribution in [-0.4, -0.2) is 27.5 Å². The van der Waals surface area contributed by atoms with Crippen LogP contribution in [0.2, 0.25) is 0 Å². The lowest BCUT2D eigenvalue weighted by Gasteiger charge is -2.14. The molecule has 0 bridgehead atoms. The van der Waals surface area contributed by atoms with E-state index in [1.54, 1.807) is 24.3 Å². The number of benzene rings is 2. The average Bonchev–Trinajstić information content (AvgIpc) is 3.20. The number of sulfonamides is 1. The number of ether oxygens (including phenoxy) is 1. The van der Waals surface area contributed by atoms with Crippen LogP contribution in [0.25, 0.3) is 0 Å². The zero-order valence-electron chi connectivity index (χ0n) is 16.0. The van der Waals surface area contributed by atoms with Gasteiger partial charge in [-0.3, -0.25) is 4.79 Å². The van der Waals surface area contributed by atoms with Crippen molar-refractivity contribution in [2.45, 2.75) is 49.5 Å². The Labute approximate surface area is 166 Å².